The van der Waals surface area contributed by atoms with Gasteiger partial charge in [0.05, 0.1) is 0 Å². The highest BCUT2D eigenvalue weighted by Crippen LogP contribution is 2.01. The lowest BCUT2D eigenvalue weighted by atomic mass is 10.2. The van der Waals surface area contributed by atoms with E-state index in [9.17, 15) is 0 Å². The predicted molar refractivity (Wildman–Crippen MR) is 68.3 cm³/mol. The average Bonchev–Trinajstić information content (AvgIpc) is 2.24. The molecule has 0 fully saturated rings. The second kappa shape index (κ2) is 42.0. The number of rotatable bonds is 3. The summed E-state index contributed by atoms with van der Waals surface area (Å²) in [5.41, 5.74) is 1.31. The van der Waals surface area contributed by atoms with E-state index < -0.39 is 0 Å². The molecule has 0 unspecified atom stereocenters. The zero-order valence-corrected chi connectivity index (χ0v) is 10.7. The van der Waals surface area contributed by atoms with Crippen molar-refractivity contribution in [3.63, 3.8) is 0 Å². The first-order valence-electron chi connectivity index (χ1n) is 5.41. The zero-order chi connectivity index (χ0) is 11.7. The molecule has 0 aromatic heterocycles. The number of hydrogen-bond donors (Lipinski definition) is 0. The summed E-state index contributed by atoms with van der Waals surface area (Å²) in [5, 5.41) is 0. The Balaban J connectivity index is -0.0000000573. The van der Waals surface area contributed by atoms with Gasteiger partial charge in [0.2, 0.25) is 0 Å². The van der Waals surface area contributed by atoms with E-state index in [0.29, 0.717) is 0 Å². The smallest absolute Gasteiger partial charge is 0.0326 e. The Hall–Kier alpha value is -0.520. The van der Waals surface area contributed by atoms with Gasteiger partial charge in [-0.05, 0) is 19.8 Å². The Morgan fingerprint density at radius 1 is 1.00 bits per heavy atom. The summed E-state index contributed by atoms with van der Waals surface area (Å²) in [6.45, 7) is 22.1. The summed E-state index contributed by atoms with van der Waals surface area (Å²) < 4.78 is 0. The molecule has 0 bridgehead atoms. The van der Waals surface area contributed by atoms with Crippen molar-refractivity contribution in [3.8, 4) is 0 Å². The zero-order valence-electron chi connectivity index (χ0n) is 10.7. The van der Waals surface area contributed by atoms with E-state index in [4.69, 9.17) is 0 Å². The van der Waals surface area contributed by atoms with Crippen LogP contribution >= 0.6 is 0 Å². The Morgan fingerprint density at radius 3 is 1.38 bits per heavy atom. The van der Waals surface area contributed by atoms with Gasteiger partial charge < -0.3 is 0 Å². The van der Waals surface area contributed by atoms with Crippen LogP contribution < -0.4 is 0 Å². The summed E-state index contributed by atoms with van der Waals surface area (Å²) in [6, 6.07) is 0. The largest absolute Gasteiger partial charge is 0.106 e. The van der Waals surface area contributed by atoms with E-state index >= 15 is 0 Å². The first kappa shape index (κ1) is 22.9. The van der Waals surface area contributed by atoms with Crippen LogP contribution in [0.4, 0.5) is 0 Å². The molecule has 0 aromatic rings. The van der Waals surface area contributed by atoms with E-state index in [-0.39, 0.29) is 0 Å². The molecule has 0 amide bonds. The van der Waals surface area contributed by atoms with Crippen molar-refractivity contribution in [1.29, 1.82) is 0 Å². The highest BCUT2D eigenvalue weighted by Gasteiger charge is 1.81. The average molecular weight is 186 g/mol. The van der Waals surface area contributed by atoms with Crippen LogP contribution in [0.2, 0.25) is 0 Å². The van der Waals surface area contributed by atoms with Gasteiger partial charge in [-0.15, -0.1) is 19.7 Å². The van der Waals surface area contributed by atoms with Crippen LogP contribution in [0.5, 0.6) is 0 Å². The van der Waals surface area contributed by atoms with Crippen LogP contribution in [0.3, 0.4) is 0 Å². The highest BCUT2D eigenvalue weighted by atomic mass is 13.9. The van der Waals surface area contributed by atoms with Gasteiger partial charge in [0.1, 0.15) is 0 Å². The van der Waals surface area contributed by atoms with E-state index in [2.05, 4.69) is 33.6 Å². The normalized spacial score (nSPS) is 6.00. The molecule has 0 spiro atoms. The molecule has 0 nitrogen and oxygen atoms in total. The van der Waals surface area contributed by atoms with E-state index in [1.165, 1.54) is 24.8 Å². The van der Waals surface area contributed by atoms with E-state index in [1.54, 1.807) is 0 Å². The van der Waals surface area contributed by atoms with Crippen molar-refractivity contribution >= 4 is 0 Å². The number of unbranched alkanes of at least 4 members (excludes halogenated alkanes) is 1. The van der Waals surface area contributed by atoms with Crippen LogP contribution in [0.15, 0.2) is 25.3 Å². The van der Waals surface area contributed by atoms with Crippen LogP contribution in [0.1, 0.15) is 60.8 Å². The summed E-state index contributed by atoms with van der Waals surface area (Å²) in [7, 11) is 0. The van der Waals surface area contributed by atoms with Crippen LogP contribution in [-0.2, 0) is 0 Å². The molecule has 0 rings (SSSR count). The fraction of sp³-hybridized carbons (Fsp3) is 0.692. The van der Waals surface area contributed by atoms with Crippen LogP contribution in [0.25, 0.3) is 0 Å². The molecule has 0 N–H and O–H groups in total. The van der Waals surface area contributed by atoms with Crippen LogP contribution in [0, 0.1) is 0 Å². The first-order valence-corrected chi connectivity index (χ1v) is 5.41. The highest BCUT2D eigenvalue weighted by molar-refractivity contribution is 4.86. The summed E-state index contributed by atoms with van der Waals surface area (Å²) in [5.74, 6) is 0. The van der Waals surface area contributed by atoms with Gasteiger partial charge in [-0.3, -0.25) is 0 Å². The Bertz CT molecular complexity index is 62.4. The maximum atomic E-state index is 3.79. The summed E-state index contributed by atoms with van der Waals surface area (Å²) >= 11 is 0. The van der Waals surface area contributed by atoms with Gasteiger partial charge in [0, 0.05) is 0 Å². The molecule has 0 saturated carbocycles. The van der Waals surface area contributed by atoms with Crippen molar-refractivity contribution in [2.24, 2.45) is 0 Å². The van der Waals surface area contributed by atoms with Gasteiger partial charge in [0.25, 0.3) is 0 Å². The fourth-order valence-electron chi connectivity index (χ4n) is 0.479. The molecule has 13 heavy (non-hydrogen) atoms. The van der Waals surface area contributed by atoms with Gasteiger partial charge >= 0.3 is 0 Å². The molecule has 0 aliphatic rings. The molecular weight excluding hydrogens is 156 g/mol. The molecule has 0 aliphatic heterocycles. The second-order valence-corrected chi connectivity index (χ2v) is 2.06. The van der Waals surface area contributed by atoms with E-state index in [1.807, 2.05) is 27.7 Å². The first-order chi connectivity index (χ1) is 6.27. The predicted octanol–water partition coefficient (Wildman–Crippen LogP) is 5.61. The third-order valence-corrected chi connectivity index (χ3v) is 0.957. The standard InChI is InChI=1S/C7H14.2C2H6.C2H4/c1-4-5-6-7(2)3;3*1-2/h2,4-6H2,1,3H3;2*1-2H3;1-2H2. The Morgan fingerprint density at radius 2 is 1.31 bits per heavy atom. The van der Waals surface area contributed by atoms with Crippen molar-refractivity contribution in [2.45, 2.75) is 60.8 Å². The lowest BCUT2D eigenvalue weighted by Gasteiger charge is -1.91. The van der Waals surface area contributed by atoms with Gasteiger partial charge in [-0.2, -0.15) is 0 Å². The lowest BCUT2D eigenvalue weighted by Crippen LogP contribution is -1.71. The third-order valence-electron chi connectivity index (χ3n) is 0.957. The molecule has 0 atom stereocenters. The quantitative estimate of drug-likeness (QED) is 0.503. The summed E-state index contributed by atoms with van der Waals surface area (Å²) in [4.78, 5) is 0. The van der Waals surface area contributed by atoms with E-state index in [0.717, 1.165) is 0 Å². The third kappa shape index (κ3) is 85.2. The minimum Gasteiger partial charge on any atom is -0.106 e. The van der Waals surface area contributed by atoms with Gasteiger partial charge in [0.15, 0.2) is 0 Å². The SMILES string of the molecule is C=C.C=C(C)CCCC.CC.CC. The van der Waals surface area contributed by atoms with Crippen molar-refractivity contribution in [1.82, 2.24) is 0 Å². The maximum Gasteiger partial charge on any atom is -0.0326 e. The lowest BCUT2D eigenvalue weighted by molar-refractivity contribution is 0.789. The van der Waals surface area contributed by atoms with Gasteiger partial charge in [-0.1, -0.05) is 46.6 Å². The van der Waals surface area contributed by atoms with Crippen molar-refractivity contribution in [3.05, 3.63) is 25.3 Å². The molecular formula is C13H30. The maximum absolute atomic E-state index is 3.79. The topological polar surface area (TPSA) is 0 Å². The number of allylic oxidation sites excluding steroid dienone is 1. The summed E-state index contributed by atoms with van der Waals surface area (Å²) in [6.07, 6.45) is 3.79. The minimum absolute atomic E-state index is 1.20. The van der Waals surface area contributed by atoms with Crippen molar-refractivity contribution in [2.75, 3.05) is 0 Å². The molecule has 0 aliphatic carbocycles. The molecule has 0 heterocycles. The molecule has 0 radical (unpaired) electrons. The molecule has 0 aromatic carbocycles. The van der Waals surface area contributed by atoms with Crippen LogP contribution in [-0.4, -0.2) is 0 Å². The Labute approximate surface area is 86.8 Å². The molecule has 0 saturated heterocycles. The van der Waals surface area contributed by atoms with Gasteiger partial charge in [-0.25, -0.2) is 0 Å². The minimum atomic E-state index is 1.20. The molecule has 0 heteroatoms. The molecule has 82 valence electrons. The monoisotopic (exact) mass is 186 g/mol. The van der Waals surface area contributed by atoms with Crippen molar-refractivity contribution < 1.29 is 0 Å². The fourth-order valence-corrected chi connectivity index (χ4v) is 0.479. The second-order valence-electron chi connectivity index (χ2n) is 2.06. The number of hydrogen-bond acceptors (Lipinski definition) is 0. The Kier molecular flexibility index (Phi) is 73.9.